The topological polar surface area (TPSA) is 29.1 Å². The molecule has 2 nitrogen and oxygen atoms in total. The number of rotatable bonds is 1. The number of carbonyl (C=O) groups is 1. The van der Waals surface area contributed by atoms with E-state index in [0.29, 0.717) is 5.02 Å². The van der Waals surface area contributed by atoms with Crippen LogP contribution in [0.1, 0.15) is 12.5 Å². The van der Waals surface area contributed by atoms with E-state index in [0.717, 1.165) is 14.8 Å². The Kier molecular flexibility index (Phi) is 3.55. The Morgan fingerprint density at radius 2 is 2.15 bits per heavy atom. The zero-order valence-corrected chi connectivity index (χ0v) is 10.2. The second-order valence-corrected chi connectivity index (χ2v) is 4.28. The first-order chi connectivity index (χ1) is 6.00. The minimum absolute atomic E-state index is 0.0837. The van der Waals surface area contributed by atoms with Crippen molar-refractivity contribution < 1.29 is 4.79 Å². The van der Waals surface area contributed by atoms with Crippen LogP contribution in [0.15, 0.2) is 12.1 Å². The number of hydrogen-bond acceptors (Lipinski definition) is 1. The molecule has 1 rings (SSSR count). The van der Waals surface area contributed by atoms with Crippen molar-refractivity contribution in [3.8, 4) is 0 Å². The number of anilines is 1. The predicted octanol–water partition coefficient (Wildman–Crippen LogP) is 3.21. The number of carbonyl (C=O) groups excluding carboxylic acids is 1. The van der Waals surface area contributed by atoms with Gasteiger partial charge in [0, 0.05) is 15.5 Å². The monoisotopic (exact) mass is 309 g/mol. The summed E-state index contributed by atoms with van der Waals surface area (Å²) in [7, 11) is 0. The summed E-state index contributed by atoms with van der Waals surface area (Å²) in [5.41, 5.74) is 1.84. The predicted molar refractivity (Wildman–Crippen MR) is 63.2 cm³/mol. The van der Waals surface area contributed by atoms with Crippen LogP contribution in [-0.2, 0) is 4.79 Å². The molecule has 0 bridgehead atoms. The van der Waals surface area contributed by atoms with E-state index in [1.807, 2.05) is 13.0 Å². The van der Waals surface area contributed by atoms with Crippen LogP contribution in [0.5, 0.6) is 0 Å². The standard InChI is InChI=1S/C9H9ClINO/c1-5-3-7(10)4-8(9(5)11)12-6(2)13/h3-4H,1-2H3,(H,12,13). The first-order valence-electron chi connectivity index (χ1n) is 3.74. The second kappa shape index (κ2) is 4.28. The Hall–Kier alpha value is -0.290. The minimum Gasteiger partial charge on any atom is -0.325 e. The lowest BCUT2D eigenvalue weighted by Crippen LogP contribution is -2.07. The Morgan fingerprint density at radius 3 is 2.69 bits per heavy atom. The van der Waals surface area contributed by atoms with E-state index in [-0.39, 0.29) is 5.91 Å². The molecule has 0 aliphatic carbocycles. The number of aryl methyl sites for hydroxylation is 1. The molecule has 0 aliphatic heterocycles. The van der Waals surface area contributed by atoms with Gasteiger partial charge in [0.25, 0.3) is 0 Å². The molecule has 0 saturated heterocycles. The molecule has 70 valence electrons. The van der Waals surface area contributed by atoms with Gasteiger partial charge in [-0.15, -0.1) is 0 Å². The van der Waals surface area contributed by atoms with E-state index >= 15 is 0 Å². The van der Waals surface area contributed by atoms with E-state index < -0.39 is 0 Å². The average Bonchev–Trinajstić information content (AvgIpc) is 1.98. The lowest BCUT2D eigenvalue weighted by Gasteiger charge is -2.08. The molecule has 13 heavy (non-hydrogen) atoms. The maximum Gasteiger partial charge on any atom is 0.221 e. The molecule has 1 aromatic rings. The highest BCUT2D eigenvalue weighted by Gasteiger charge is 2.05. The van der Waals surface area contributed by atoms with E-state index in [1.165, 1.54) is 6.92 Å². The molecule has 0 radical (unpaired) electrons. The van der Waals surface area contributed by atoms with Gasteiger partial charge in [-0.1, -0.05) is 11.6 Å². The van der Waals surface area contributed by atoms with Gasteiger partial charge < -0.3 is 5.32 Å². The van der Waals surface area contributed by atoms with Gasteiger partial charge in [-0.2, -0.15) is 0 Å². The Balaban J connectivity index is 3.12. The summed E-state index contributed by atoms with van der Waals surface area (Å²) in [5, 5.41) is 3.36. The summed E-state index contributed by atoms with van der Waals surface area (Å²) in [4.78, 5) is 10.8. The van der Waals surface area contributed by atoms with Crippen LogP contribution in [-0.4, -0.2) is 5.91 Å². The Labute approximate surface area is 95.8 Å². The Morgan fingerprint density at radius 1 is 1.54 bits per heavy atom. The highest BCUT2D eigenvalue weighted by molar-refractivity contribution is 14.1. The molecule has 1 N–H and O–H groups in total. The third-order valence-corrected chi connectivity index (χ3v) is 3.18. The van der Waals surface area contributed by atoms with Crippen LogP contribution in [0.3, 0.4) is 0 Å². The number of benzene rings is 1. The maximum atomic E-state index is 10.8. The number of halogens is 2. The van der Waals surface area contributed by atoms with Crippen molar-refractivity contribution in [2.24, 2.45) is 0 Å². The van der Waals surface area contributed by atoms with Crippen LogP contribution in [0.2, 0.25) is 5.02 Å². The van der Waals surface area contributed by atoms with Gasteiger partial charge in [-0.25, -0.2) is 0 Å². The van der Waals surface area contributed by atoms with E-state index in [2.05, 4.69) is 27.9 Å². The Bertz CT molecular complexity index is 352. The minimum atomic E-state index is -0.0837. The summed E-state index contributed by atoms with van der Waals surface area (Å²) < 4.78 is 1.03. The molecule has 0 aliphatic rings. The van der Waals surface area contributed by atoms with Crippen LogP contribution in [0.4, 0.5) is 5.69 Å². The second-order valence-electron chi connectivity index (χ2n) is 2.77. The fourth-order valence-electron chi connectivity index (χ4n) is 1.01. The number of nitrogens with one attached hydrogen (secondary N) is 1. The van der Waals surface area contributed by atoms with E-state index in [4.69, 9.17) is 11.6 Å². The largest absolute Gasteiger partial charge is 0.325 e. The zero-order valence-electron chi connectivity index (χ0n) is 7.32. The van der Waals surface area contributed by atoms with E-state index in [9.17, 15) is 4.79 Å². The van der Waals surface area contributed by atoms with Crippen molar-refractivity contribution in [2.75, 3.05) is 5.32 Å². The molecule has 0 heterocycles. The third-order valence-electron chi connectivity index (χ3n) is 1.53. The molecule has 0 unspecified atom stereocenters. The molecule has 4 heteroatoms. The highest BCUT2D eigenvalue weighted by atomic mass is 127. The first-order valence-corrected chi connectivity index (χ1v) is 5.19. The van der Waals surface area contributed by atoms with Crippen molar-refractivity contribution in [2.45, 2.75) is 13.8 Å². The van der Waals surface area contributed by atoms with Crippen LogP contribution in [0.25, 0.3) is 0 Å². The third kappa shape index (κ3) is 2.84. The highest BCUT2D eigenvalue weighted by Crippen LogP contribution is 2.26. The van der Waals surface area contributed by atoms with Crippen LogP contribution in [0, 0.1) is 10.5 Å². The quantitative estimate of drug-likeness (QED) is 0.793. The molecule has 0 saturated carbocycles. The molecular formula is C9H9ClINO. The van der Waals surface area contributed by atoms with Gasteiger partial charge in [0.15, 0.2) is 0 Å². The SMILES string of the molecule is CC(=O)Nc1cc(Cl)cc(C)c1I. The summed E-state index contributed by atoms with van der Waals surface area (Å²) in [6, 6.07) is 3.62. The normalized spacial score (nSPS) is 9.85. The van der Waals surface area contributed by atoms with E-state index in [1.54, 1.807) is 6.07 Å². The van der Waals surface area contributed by atoms with Gasteiger partial charge in [0.05, 0.1) is 5.69 Å². The summed E-state index contributed by atoms with van der Waals surface area (Å²) >= 11 is 8.03. The molecule has 0 atom stereocenters. The smallest absolute Gasteiger partial charge is 0.221 e. The summed E-state index contributed by atoms with van der Waals surface area (Å²) in [6.07, 6.45) is 0. The fraction of sp³-hybridized carbons (Fsp3) is 0.222. The fourth-order valence-corrected chi connectivity index (χ4v) is 1.73. The van der Waals surface area contributed by atoms with Crippen LogP contribution < -0.4 is 5.32 Å². The van der Waals surface area contributed by atoms with Gasteiger partial charge in [-0.05, 0) is 47.2 Å². The van der Waals surface area contributed by atoms with Crippen molar-refractivity contribution >= 4 is 45.8 Å². The molecule has 0 aromatic heterocycles. The average molecular weight is 310 g/mol. The van der Waals surface area contributed by atoms with Crippen molar-refractivity contribution in [3.63, 3.8) is 0 Å². The first kappa shape index (κ1) is 10.8. The van der Waals surface area contributed by atoms with Gasteiger partial charge in [-0.3, -0.25) is 4.79 Å². The van der Waals surface area contributed by atoms with Gasteiger partial charge in [0.1, 0.15) is 0 Å². The molecule has 0 fully saturated rings. The lowest BCUT2D eigenvalue weighted by molar-refractivity contribution is -0.114. The van der Waals surface area contributed by atoms with Crippen molar-refractivity contribution in [3.05, 3.63) is 26.3 Å². The van der Waals surface area contributed by atoms with Gasteiger partial charge >= 0.3 is 0 Å². The zero-order chi connectivity index (χ0) is 10.0. The molecule has 1 amide bonds. The molecular weight excluding hydrogens is 300 g/mol. The summed E-state index contributed by atoms with van der Waals surface area (Å²) in [6.45, 7) is 3.44. The maximum absolute atomic E-state index is 10.8. The summed E-state index contributed by atoms with van der Waals surface area (Å²) in [5.74, 6) is -0.0837. The van der Waals surface area contributed by atoms with Crippen LogP contribution >= 0.6 is 34.2 Å². The number of amides is 1. The lowest BCUT2D eigenvalue weighted by atomic mass is 10.2. The molecule has 0 spiro atoms. The van der Waals surface area contributed by atoms with Gasteiger partial charge in [0.2, 0.25) is 5.91 Å². The van der Waals surface area contributed by atoms with Crippen molar-refractivity contribution in [1.82, 2.24) is 0 Å². The molecule has 1 aromatic carbocycles. The number of hydrogen-bond donors (Lipinski definition) is 1. The van der Waals surface area contributed by atoms with Crippen molar-refractivity contribution in [1.29, 1.82) is 0 Å².